The summed E-state index contributed by atoms with van der Waals surface area (Å²) in [5, 5.41) is 3.65. The molecule has 2 atom stereocenters. The van der Waals surface area contributed by atoms with Crippen molar-refractivity contribution in [2.75, 3.05) is 13.1 Å². The van der Waals surface area contributed by atoms with Gasteiger partial charge in [-0.05, 0) is 32.6 Å². The van der Waals surface area contributed by atoms with E-state index in [0.29, 0.717) is 19.5 Å². The number of carbonyl (C=O) groups is 1. The van der Waals surface area contributed by atoms with Gasteiger partial charge in [0.15, 0.2) is 5.76 Å². The number of aryl methyl sites for hydroxylation is 2. The highest BCUT2D eigenvalue weighted by atomic mass is 35.5. The number of piperidine rings is 1. The SMILES string of the molecule is Cc1noc(C)c1S(=O)(=O)NC(C)C(=O)N1CCC(N)C(C)(C)C1.Cl. The monoisotopic (exact) mass is 394 g/mol. The Labute approximate surface area is 154 Å². The summed E-state index contributed by atoms with van der Waals surface area (Å²) in [6, 6.07) is -0.857. The Bertz CT molecular complexity index is 712. The van der Waals surface area contributed by atoms with Gasteiger partial charge in [-0.25, -0.2) is 8.42 Å². The topological polar surface area (TPSA) is 119 Å². The Morgan fingerprint density at radius 2 is 2.04 bits per heavy atom. The highest BCUT2D eigenvalue weighted by Gasteiger charge is 2.37. The van der Waals surface area contributed by atoms with Crippen molar-refractivity contribution in [1.29, 1.82) is 0 Å². The maximum absolute atomic E-state index is 12.6. The molecule has 0 spiro atoms. The zero-order chi connectivity index (χ0) is 18.3. The minimum absolute atomic E-state index is 0. The van der Waals surface area contributed by atoms with E-state index in [1.807, 2.05) is 13.8 Å². The van der Waals surface area contributed by atoms with Crippen molar-refractivity contribution in [3.63, 3.8) is 0 Å². The molecule has 1 aliphatic heterocycles. The van der Waals surface area contributed by atoms with E-state index in [9.17, 15) is 13.2 Å². The molecule has 1 aliphatic rings. The smallest absolute Gasteiger partial charge is 0.246 e. The zero-order valence-electron chi connectivity index (χ0n) is 15.2. The molecule has 0 saturated carbocycles. The van der Waals surface area contributed by atoms with E-state index in [0.717, 1.165) is 0 Å². The Hall–Kier alpha value is -1.16. The van der Waals surface area contributed by atoms with Crippen molar-refractivity contribution < 1.29 is 17.7 Å². The second-order valence-electron chi connectivity index (χ2n) is 7.14. The summed E-state index contributed by atoms with van der Waals surface area (Å²) in [4.78, 5) is 14.3. The normalized spacial score (nSPS) is 21.5. The van der Waals surface area contributed by atoms with Crippen LogP contribution in [0.5, 0.6) is 0 Å². The maximum Gasteiger partial charge on any atom is 0.246 e. The first kappa shape index (κ1) is 21.9. The third kappa shape index (κ3) is 4.52. The van der Waals surface area contributed by atoms with Crippen LogP contribution in [0.4, 0.5) is 0 Å². The quantitative estimate of drug-likeness (QED) is 0.785. The largest absolute Gasteiger partial charge is 0.360 e. The van der Waals surface area contributed by atoms with Gasteiger partial charge in [-0.3, -0.25) is 4.79 Å². The number of rotatable bonds is 4. The van der Waals surface area contributed by atoms with Crippen LogP contribution in [0.15, 0.2) is 9.42 Å². The number of amides is 1. The van der Waals surface area contributed by atoms with Crippen LogP contribution in [-0.4, -0.2) is 49.6 Å². The van der Waals surface area contributed by atoms with Gasteiger partial charge in [-0.15, -0.1) is 12.4 Å². The average molecular weight is 395 g/mol. The number of nitrogens with zero attached hydrogens (tertiary/aromatic N) is 2. The second-order valence-corrected chi connectivity index (χ2v) is 8.79. The first-order valence-corrected chi connectivity index (χ1v) is 9.43. The van der Waals surface area contributed by atoms with E-state index in [4.69, 9.17) is 10.3 Å². The lowest BCUT2D eigenvalue weighted by atomic mass is 9.79. The van der Waals surface area contributed by atoms with Gasteiger partial charge in [0.1, 0.15) is 10.6 Å². The number of halogens is 1. The number of nitrogens with one attached hydrogen (secondary N) is 1. The molecule has 25 heavy (non-hydrogen) atoms. The van der Waals surface area contributed by atoms with Crippen molar-refractivity contribution in [1.82, 2.24) is 14.8 Å². The average Bonchev–Trinajstić information content (AvgIpc) is 2.80. The molecule has 1 aromatic rings. The molecule has 2 rings (SSSR count). The third-order valence-corrected chi connectivity index (χ3v) is 6.35. The van der Waals surface area contributed by atoms with Crippen LogP contribution >= 0.6 is 12.4 Å². The molecule has 2 unspecified atom stereocenters. The molecular formula is C15H27ClN4O4S. The molecule has 1 amide bonds. The number of carbonyl (C=O) groups excluding carboxylic acids is 1. The zero-order valence-corrected chi connectivity index (χ0v) is 16.8. The first-order chi connectivity index (χ1) is 11.0. The van der Waals surface area contributed by atoms with Crippen LogP contribution < -0.4 is 10.5 Å². The molecule has 3 N–H and O–H groups in total. The number of hydrogen-bond donors (Lipinski definition) is 2. The minimum atomic E-state index is -3.88. The van der Waals surface area contributed by atoms with Crippen molar-refractivity contribution in [2.45, 2.75) is 58.0 Å². The van der Waals surface area contributed by atoms with Crippen molar-refractivity contribution in [2.24, 2.45) is 11.1 Å². The molecule has 0 bridgehead atoms. The van der Waals surface area contributed by atoms with E-state index < -0.39 is 16.1 Å². The van der Waals surface area contributed by atoms with Crippen molar-refractivity contribution in [3.8, 4) is 0 Å². The summed E-state index contributed by atoms with van der Waals surface area (Å²) in [5.41, 5.74) is 6.15. The molecule has 144 valence electrons. The predicted molar refractivity (Wildman–Crippen MR) is 96.0 cm³/mol. The van der Waals surface area contributed by atoms with Crippen LogP contribution in [-0.2, 0) is 14.8 Å². The molecule has 0 aromatic carbocycles. The van der Waals surface area contributed by atoms with Gasteiger partial charge < -0.3 is 15.2 Å². The summed E-state index contributed by atoms with van der Waals surface area (Å²) in [5.74, 6) is -0.0601. The fraction of sp³-hybridized carbons (Fsp3) is 0.733. The van der Waals surface area contributed by atoms with Gasteiger partial charge in [-0.1, -0.05) is 19.0 Å². The fourth-order valence-corrected chi connectivity index (χ4v) is 4.56. The lowest BCUT2D eigenvalue weighted by Crippen LogP contribution is -2.57. The van der Waals surface area contributed by atoms with Crippen LogP contribution in [0.25, 0.3) is 0 Å². The van der Waals surface area contributed by atoms with E-state index in [1.165, 1.54) is 6.92 Å². The maximum atomic E-state index is 12.6. The number of likely N-dealkylation sites (tertiary alicyclic amines) is 1. The fourth-order valence-electron chi connectivity index (χ4n) is 3.04. The summed E-state index contributed by atoms with van der Waals surface area (Å²) in [7, 11) is -3.88. The molecule has 1 aromatic heterocycles. The minimum Gasteiger partial charge on any atom is -0.360 e. The third-order valence-electron chi connectivity index (χ3n) is 4.56. The van der Waals surface area contributed by atoms with E-state index in [1.54, 1.807) is 18.7 Å². The summed E-state index contributed by atoms with van der Waals surface area (Å²) < 4.78 is 32.3. The Morgan fingerprint density at radius 3 is 2.52 bits per heavy atom. The highest BCUT2D eigenvalue weighted by molar-refractivity contribution is 7.89. The van der Waals surface area contributed by atoms with Crippen molar-refractivity contribution >= 4 is 28.3 Å². The summed E-state index contributed by atoms with van der Waals surface area (Å²) >= 11 is 0. The van der Waals surface area contributed by atoms with Gasteiger partial charge in [0, 0.05) is 19.1 Å². The molecule has 10 heteroatoms. The second kappa shape index (κ2) is 7.61. The van der Waals surface area contributed by atoms with Crippen LogP contribution in [0.3, 0.4) is 0 Å². The van der Waals surface area contributed by atoms with Crippen LogP contribution in [0, 0.1) is 19.3 Å². The van der Waals surface area contributed by atoms with Crippen LogP contribution in [0.2, 0.25) is 0 Å². The Morgan fingerprint density at radius 1 is 1.44 bits per heavy atom. The van der Waals surface area contributed by atoms with Crippen LogP contribution in [0.1, 0.15) is 38.6 Å². The number of hydrogen-bond acceptors (Lipinski definition) is 6. The molecule has 1 fully saturated rings. The van der Waals surface area contributed by atoms with E-state index in [-0.39, 0.29) is 46.1 Å². The molecule has 1 saturated heterocycles. The number of aromatic nitrogens is 1. The van der Waals surface area contributed by atoms with Gasteiger partial charge in [-0.2, -0.15) is 4.72 Å². The number of nitrogens with two attached hydrogens (primary N) is 1. The summed E-state index contributed by atoms with van der Waals surface area (Å²) in [6.45, 7) is 9.66. The van der Waals surface area contributed by atoms with E-state index >= 15 is 0 Å². The molecule has 8 nitrogen and oxygen atoms in total. The lowest BCUT2D eigenvalue weighted by molar-refractivity contribution is -0.136. The van der Waals surface area contributed by atoms with Crippen molar-refractivity contribution in [3.05, 3.63) is 11.5 Å². The van der Waals surface area contributed by atoms with Gasteiger partial charge >= 0.3 is 0 Å². The number of sulfonamides is 1. The standard InChI is InChI=1S/C15H26N4O4S.ClH/c1-9-13(11(3)23-17-9)24(21,22)18-10(2)14(20)19-7-6-12(16)15(4,5)8-19;/h10,12,18H,6-8,16H2,1-5H3;1H. The Kier molecular flexibility index (Phi) is 6.66. The Balaban J connectivity index is 0.00000312. The molecule has 2 heterocycles. The lowest BCUT2D eigenvalue weighted by Gasteiger charge is -2.43. The molecule has 0 radical (unpaired) electrons. The van der Waals surface area contributed by atoms with Gasteiger partial charge in [0.05, 0.1) is 6.04 Å². The van der Waals surface area contributed by atoms with Gasteiger partial charge in [0.2, 0.25) is 15.9 Å². The highest BCUT2D eigenvalue weighted by Crippen LogP contribution is 2.28. The molecule has 0 aliphatic carbocycles. The molecular weight excluding hydrogens is 368 g/mol. The summed E-state index contributed by atoms with van der Waals surface area (Å²) in [6.07, 6.45) is 0.697. The predicted octanol–water partition coefficient (Wildman–Crippen LogP) is 0.966. The van der Waals surface area contributed by atoms with E-state index in [2.05, 4.69) is 9.88 Å². The first-order valence-electron chi connectivity index (χ1n) is 7.95. The van der Waals surface area contributed by atoms with Gasteiger partial charge in [0.25, 0.3) is 0 Å².